The zero-order chi connectivity index (χ0) is 21.1. The summed E-state index contributed by atoms with van der Waals surface area (Å²) in [4.78, 5) is 14.6. The number of nitrogens with one attached hydrogen (secondary N) is 1. The molecule has 3 atom stereocenters. The van der Waals surface area contributed by atoms with Crippen molar-refractivity contribution in [3.05, 3.63) is 11.3 Å². The molecular weight excluding hydrogens is 393 g/mol. The molecule has 2 aliphatic carbocycles. The summed E-state index contributed by atoms with van der Waals surface area (Å²) in [6, 6.07) is 0.539. The Hall–Kier alpha value is -1.47. The third-order valence-electron chi connectivity index (χ3n) is 8.42. The van der Waals surface area contributed by atoms with Crippen LogP contribution in [0.3, 0.4) is 0 Å². The molecule has 2 saturated heterocycles. The van der Waals surface area contributed by atoms with Gasteiger partial charge in [0.25, 0.3) is 0 Å². The molecular formula is C24H36FN5O. The highest BCUT2D eigenvalue weighted by Gasteiger charge is 2.46. The van der Waals surface area contributed by atoms with Crippen molar-refractivity contribution in [2.24, 2.45) is 16.7 Å². The number of hydrogen-bond donors (Lipinski definition) is 1. The van der Waals surface area contributed by atoms with Crippen molar-refractivity contribution in [1.82, 2.24) is 20.2 Å². The molecule has 2 saturated carbocycles. The van der Waals surface area contributed by atoms with Crippen LogP contribution in [0.2, 0.25) is 0 Å². The predicted molar refractivity (Wildman–Crippen MR) is 118 cm³/mol. The van der Waals surface area contributed by atoms with Gasteiger partial charge in [-0.15, -0.1) is 0 Å². The smallest absolute Gasteiger partial charge is 0.318 e. The Bertz CT molecular complexity index is 846. The number of fused-ring (bicyclic) bond motifs is 3. The van der Waals surface area contributed by atoms with Crippen molar-refractivity contribution < 1.29 is 9.13 Å². The fourth-order valence-electron chi connectivity index (χ4n) is 6.54. The van der Waals surface area contributed by atoms with Crippen LogP contribution in [0.1, 0.15) is 56.7 Å². The average Bonchev–Trinajstić information content (AvgIpc) is 3.31. The first kappa shape index (κ1) is 20.2. The number of ether oxygens (including phenoxy) is 1. The number of hydrogen-bond acceptors (Lipinski definition) is 6. The Kier molecular flexibility index (Phi) is 4.91. The molecule has 7 heteroatoms. The van der Waals surface area contributed by atoms with Gasteiger partial charge in [0.15, 0.2) is 0 Å². The molecule has 5 aliphatic rings. The van der Waals surface area contributed by atoms with Gasteiger partial charge in [-0.25, -0.2) is 4.39 Å². The molecule has 1 aromatic heterocycles. The third kappa shape index (κ3) is 4.04. The van der Waals surface area contributed by atoms with Crippen LogP contribution in [-0.2, 0) is 13.0 Å². The molecule has 0 aromatic carbocycles. The Morgan fingerprint density at radius 2 is 2.10 bits per heavy atom. The van der Waals surface area contributed by atoms with E-state index in [2.05, 4.69) is 22.0 Å². The van der Waals surface area contributed by atoms with Crippen LogP contribution >= 0.6 is 0 Å². The van der Waals surface area contributed by atoms with Crippen molar-refractivity contribution in [2.75, 3.05) is 50.8 Å². The summed E-state index contributed by atoms with van der Waals surface area (Å²) < 4.78 is 19.9. The van der Waals surface area contributed by atoms with E-state index in [9.17, 15) is 4.39 Å². The molecule has 31 heavy (non-hydrogen) atoms. The summed E-state index contributed by atoms with van der Waals surface area (Å²) in [7, 11) is 0. The van der Waals surface area contributed by atoms with Crippen LogP contribution in [-0.4, -0.2) is 66.9 Å². The van der Waals surface area contributed by atoms with Gasteiger partial charge < -0.3 is 15.0 Å². The fraction of sp³-hybridized carbons (Fsp3) is 0.833. The van der Waals surface area contributed by atoms with E-state index < -0.39 is 6.17 Å². The molecule has 0 unspecified atom stereocenters. The maximum atomic E-state index is 13.6. The molecule has 2 bridgehead atoms. The summed E-state index contributed by atoms with van der Waals surface area (Å²) in [5.74, 6) is 1.92. The SMILES string of the molecule is C[C@@]12CC[C@H](CN(c3nc(OCC4(CN5CC[C@@H](F)C5)CC4)nc4c3CCNC4)C1)C2. The number of alkyl halides is 1. The Balaban J connectivity index is 1.20. The van der Waals surface area contributed by atoms with Crippen molar-refractivity contribution >= 4 is 5.82 Å². The van der Waals surface area contributed by atoms with E-state index in [0.717, 1.165) is 76.0 Å². The van der Waals surface area contributed by atoms with Crippen LogP contribution in [0.15, 0.2) is 0 Å². The van der Waals surface area contributed by atoms with Gasteiger partial charge in [-0.2, -0.15) is 9.97 Å². The standard InChI is InChI=1S/C24H36FN5O/c1-23-5-2-17(10-23)12-30(14-23)21-19-3-8-26-11-20(19)27-22(28-21)31-16-24(6-7-24)15-29-9-4-18(25)13-29/h17-18,26H,2-16H2,1H3/t17-,18+,23-/m0/s1. The summed E-state index contributed by atoms with van der Waals surface area (Å²) in [6.45, 7) is 9.51. The molecule has 4 heterocycles. The second kappa shape index (κ2) is 7.55. The van der Waals surface area contributed by atoms with Crippen LogP contribution in [0, 0.1) is 16.7 Å². The van der Waals surface area contributed by atoms with E-state index in [1.807, 2.05) is 0 Å². The van der Waals surface area contributed by atoms with Crippen molar-refractivity contribution in [3.8, 4) is 6.01 Å². The molecule has 6 rings (SSSR count). The minimum atomic E-state index is -0.655. The van der Waals surface area contributed by atoms with Gasteiger partial charge in [-0.05, 0) is 62.8 Å². The zero-order valence-electron chi connectivity index (χ0n) is 18.8. The molecule has 4 fully saturated rings. The Morgan fingerprint density at radius 3 is 2.87 bits per heavy atom. The van der Waals surface area contributed by atoms with Gasteiger partial charge in [-0.1, -0.05) is 6.92 Å². The molecule has 0 spiro atoms. The van der Waals surface area contributed by atoms with E-state index in [-0.39, 0.29) is 5.41 Å². The van der Waals surface area contributed by atoms with Crippen LogP contribution in [0.25, 0.3) is 0 Å². The lowest BCUT2D eigenvalue weighted by molar-refractivity contribution is 0.164. The topological polar surface area (TPSA) is 53.5 Å². The van der Waals surface area contributed by atoms with Gasteiger partial charge in [0.1, 0.15) is 12.0 Å². The molecule has 0 radical (unpaired) electrons. The number of piperidine rings is 1. The summed E-state index contributed by atoms with van der Waals surface area (Å²) in [5, 5.41) is 3.47. The average molecular weight is 430 g/mol. The van der Waals surface area contributed by atoms with Gasteiger partial charge in [0, 0.05) is 50.2 Å². The molecule has 0 amide bonds. The van der Waals surface area contributed by atoms with Crippen molar-refractivity contribution in [3.63, 3.8) is 0 Å². The summed E-state index contributed by atoms with van der Waals surface area (Å²) in [5.41, 5.74) is 3.03. The van der Waals surface area contributed by atoms with Crippen molar-refractivity contribution in [2.45, 2.75) is 64.6 Å². The van der Waals surface area contributed by atoms with E-state index in [0.29, 0.717) is 31.0 Å². The summed E-state index contributed by atoms with van der Waals surface area (Å²) >= 11 is 0. The minimum Gasteiger partial charge on any atom is -0.463 e. The number of aromatic nitrogens is 2. The van der Waals surface area contributed by atoms with Crippen molar-refractivity contribution in [1.29, 1.82) is 0 Å². The molecule has 1 N–H and O–H groups in total. The lowest BCUT2D eigenvalue weighted by Crippen LogP contribution is -2.43. The van der Waals surface area contributed by atoms with E-state index in [1.54, 1.807) is 0 Å². The van der Waals surface area contributed by atoms with Gasteiger partial charge >= 0.3 is 6.01 Å². The lowest BCUT2D eigenvalue weighted by Gasteiger charge is -2.40. The summed E-state index contributed by atoms with van der Waals surface area (Å²) in [6.07, 6.45) is 7.38. The second-order valence-corrected chi connectivity index (χ2v) is 11.4. The van der Waals surface area contributed by atoms with Gasteiger partial charge in [0.05, 0.1) is 12.3 Å². The van der Waals surface area contributed by atoms with Crippen LogP contribution < -0.4 is 15.0 Å². The first-order chi connectivity index (χ1) is 15.0. The van der Waals surface area contributed by atoms with Crippen LogP contribution in [0.4, 0.5) is 10.2 Å². The number of likely N-dealkylation sites (tertiary alicyclic amines) is 1. The molecule has 3 aliphatic heterocycles. The first-order valence-corrected chi connectivity index (χ1v) is 12.3. The third-order valence-corrected chi connectivity index (χ3v) is 8.42. The molecule has 6 nitrogen and oxygen atoms in total. The highest BCUT2D eigenvalue weighted by atomic mass is 19.1. The number of anilines is 1. The maximum absolute atomic E-state index is 13.6. The number of halogens is 1. The van der Waals surface area contributed by atoms with E-state index >= 15 is 0 Å². The normalized spacial score (nSPS) is 34.1. The molecule has 1 aromatic rings. The monoisotopic (exact) mass is 429 g/mol. The second-order valence-electron chi connectivity index (χ2n) is 11.4. The lowest BCUT2D eigenvalue weighted by atomic mass is 9.84. The van der Waals surface area contributed by atoms with Crippen LogP contribution in [0.5, 0.6) is 6.01 Å². The zero-order valence-corrected chi connectivity index (χ0v) is 18.8. The predicted octanol–water partition coefficient (Wildman–Crippen LogP) is 2.95. The first-order valence-electron chi connectivity index (χ1n) is 12.3. The quantitative estimate of drug-likeness (QED) is 0.750. The number of rotatable bonds is 6. The largest absolute Gasteiger partial charge is 0.463 e. The molecule has 170 valence electrons. The fourth-order valence-corrected chi connectivity index (χ4v) is 6.54. The van der Waals surface area contributed by atoms with E-state index in [1.165, 1.54) is 24.8 Å². The van der Waals surface area contributed by atoms with Gasteiger partial charge in [0.2, 0.25) is 0 Å². The number of nitrogens with zero attached hydrogens (tertiary/aromatic N) is 4. The Morgan fingerprint density at radius 1 is 1.19 bits per heavy atom. The minimum absolute atomic E-state index is 0.166. The maximum Gasteiger partial charge on any atom is 0.318 e. The highest BCUT2D eigenvalue weighted by Crippen LogP contribution is 2.48. The van der Waals surface area contributed by atoms with E-state index in [4.69, 9.17) is 14.7 Å². The highest BCUT2D eigenvalue weighted by molar-refractivity contribution is 5.52. The Labute approximate surface area is 184 Å². The van der Waals surface area contributed by atoms with Gasteiger partial charge in [-0.3, -0.25) is 4.90 Å².